The number of para-hydroxylation sites is 1. The molecule has 0 aromatic heterocycles. The van der Waals surface area contributed by atoms with Crippen LogP contribution in [0.25, 0.3) is 6.08 Å². The van der Waals surface area contributed by atoms with E-state index in [0.717, 1.165) is 23.3 Å². The van der Waals surface area contributed by atoms with Gasteiger partial charge in [-0.15, -0.1) is 0 Å². The minimum absolute atomic E-state index is 0.00497. The number of nitrogens with one attached hydrogen (secondary N) is 1. The van der Waals surface area contributed by atoms with Gasteiger partial charge in [0.1, 0.15) is 5.75 Å². The maximum absolute atomic E-state index is 12.3. The summed E-state index contributed by atoms with van der Waals surface area (Å²) in [5.74, 6) is 0.780. The van der Waals surface area contributed by atoms with E-state index < -0.39 is 0 Å². The molecule has 1 aliphatic rings. The van der Waals surface area contributed by atoms with Gasteiger partial charge in [0.25, 0.3) is 0 Å². The lowest BCUT2D eigenvalue weighted by atomic mass is 9.87. The summed E-state index contributed by atoms with van der Waals surface area (Å²) in [7, 11) is 0. The average molecular weight is 335 g/mol. The van der Waals surface area contributed by atoms with E-state index >= 15 is 0 Å². The molecule has 2 aromatic rings. The molecular formula is C22H25NO2. The van der Waals surface area contributed by atoms with Gasteiger partial charge in [-0.25, -0.2) is 0 Å². The lowest BCUT2D eigenvalue weighted by Crippen LogP contribution is -2.30. The Morgan fingerprint density at radius 3 is 2.56 bits per heavy atom. The van der Waals surface area contributed by atoms with Crippen molar-refractivity contribution in [3.63, 3.8) is 0 Å². The second-order valence-corrected chi connectivity index (χ2v) is 7.44. The van der Waals surface area contributed by atoms with Crippen molar-refractivity contribution in [3.05, 3.63) is 71.3 Å². The fourth-order valence-corrected chi connectivity index (χ4v) is 2.98. The molecule has 3 rings (SSSR count). The molecule has 0 fully saturated rings. The quantitative estimate of drug-likeness (QED) is 0.830. The van der Waals surface area contributed by atoms with Gasteiger partial charge in [0.15, 0.2) is 0 Å². The van der Waals surface area contributed by atoms with E-state index in [1.165, 1.54) is 5.56 Å². The second kappa shape index (κ2) is 7.14. The highest BCUT2D eigenvalue weighted by Crippen LogP contribution is 2.31. The first-order valence-electron chi connectivity index (χ1n) is 8.74. The number of hydrogen-bond donors (Lipinski definition) is 1. The Labute approximate surface area is 149 Å². The largest absolute Gasteiger partial charge is 0.493 e. The van der Waals surface area contributed by atoms with Crippen molar-refractivity contribution in [3.8, 4) is 5.75 Å². The van der Waals surface area contributed by atoms with Crippen LogP contribution in [-0.2, 0) is 10.2 Å². The van der Waals surface area contributed by atoms with Crippen molar-refractivity contribution in [1.29, 1.82) is 0 Å². The molecule has 3 nitrogen and oxygen atoms in total. The molecule has 1 aliphatic heterocycles. The lowest BCUT2D eigenvalue weighted by molar-refractivity contribution is -0.117. The number of benzene rings is 2. The summed E-state index contributed by atoms with van der Waals surface area (Å²) in [5, 5.41) is 3.08. The van der Waals surface area contributed by atoms with Gasteiger partial charge in [0.2, 0.25) is 5.91 Å². The predicted octanol–water partition coefficient (Wildman–Crippen LogP) is 4.64. The van der Waals surface area contributed by atoms with Crippen molar-refractivity contribution < 1.29 is 9.53 Å². The zero-order chi connectivity index (χ0) is 17.9. The number of carbonyl (C=O) groups excluding carboxylic acids is 1. The van der Waals surface area contributed by atoms with Crippen molar-refractivity contribution in [1.82, 2.24) is 5.32 Å². The molecule has 3 heteroatoms. The van der Waals surface area contributed by atoms with E-state index in [1.54, 1.807) is 6.08 Å². The summed E-state index contributed by atoms with van der Waals surface area (Å²) in [6, 6.07) is 16.2. The molecule has 0 saturated carbocycles. The number of ether oxygens (including phenoxy) is 1. The van der Waals surface area contributed by atoms with Gasteiger partial charge in [0.05, 0.1) is 12.6 Å². The maximum Gasteiger partial charge on any atom is 0.244 e. The van der Waals surface area contributed by atoms with Crippen LogP contribution in [0.4, 0.5) is 0 Å². The highest BCUT2D eigenvalue weighted by atomic mass is 16.5. The predicted molar refractivity (Wildman–Crippen MR) is 102 cm³/mol. The molecule has 1 heterocycles. The molecule has 0 aliphatic carbocycles. The van der Waals surface area contributed by atoms with Gasteiger partial charge >= 0.3 is 0 Å². The van der Waals surface area contributed by atoms with E-state index in [9.17, 15) is 4.79 Å². The van der Waals surface area contributed by atoms with E-state index in [2.05, 4.69) is 38.2 Å². The zero-order valence-electron chi connectivity index (χ0n) is 15.1. The normalized spacial score (nSPS) is 17.0. The molecule has 1 N–H and O–H groups in total. The van der Waals surface area contributed by atoms with Crippen molar-refractivity contribution in [2.45, 2.75) is 38.6 Å². The van der Waals surface area contributed by atoms with Gasteiger partial charge in [0, 0.05) is 18.1 Å². The first kappa shape index (κ1) is 17.3. The first-order chi connectivity index (χ1) is 11.9. The summed E-state index contributed by atoms with van der Waals surface area (Å²) in [6.07, 6.45) is 4.24. The van der Waals surface area contributed by atoms with Crippen molar-refractivity contribution in [2.24, 2.45) is 0 Å². The Balaban J connectivity index is 1.64. The molecule has 0 bridgehead atoms. The number of carbonyl (C=O) groups is 1. The topological polar surface area (TPSA) is 38.3 Å². The number of hydrogen-bond acceptors (Lipinski definition) is 2. The highest BCUT2D eigenvalue weighted by Gasteiger charge is 2.21. The Bertz CT molecular complexity index is 769. The zero-order valence-corrected chi connectivity index (χ0v) is 15.1. The first-order valence-corrected chi connectivity index (χ1v) is 8.74. The Morgan fingerprint density at radius 2 is 1.84 bits per heavy atom. The van der Waals surface area contributed by atoms with Gasteiger partial charge in [-0.05, 0) is 28.7 Å². The van der Waals surface area contributed by atoms with Gasteiger partial charge in [-0.2, -0.15) is 0 Å². The SMILES string of the molecule is CC(C)(C)c1ccc(/C=C/C(=O)NC2CCOc3ccccc32)cc1. The minimum atomic E-state index is -0.0819. The van der Waals surface area contributed by atoms with E-state index in [1.807, 2.05) is 42.5 Å². The van der Waals surface area contributed by atoms with Crippen molar-refractivity contribution >= 4 is 12.0 Å². The Morgan fingerprint density at radius 1 is 1.12 bits per heavy atom. The lowest BCUT2D eigenvalue weighted by Gasteiger charge is -2.26. The summed E-state index contributed by atoms with van der Waals surface area (Å²) >= 11 is 0. The molecule has 2 aromatic carbocycles. The summed E-state index contributed by atoms with van der Waals surface area (Å²) in [6.45, 7) is 7.20. The van der Waals surface area contributed by atoms with Crippen LogP contribution in [0.3, 0.4) is 0 Å². The smallest absolute Gasteiger partial charge is 0.244 e. The monoisotopic (exact) mass is 335 g/mol. The van der Waals surface area contributed by atoms with Crippen LogP contribution in [0, 0.1) is 0 Å². The van der Waals surface area contributed by atoms with Crippen LogP contribution in [0.1, 0.15) is 49.9 Å². The molecule has 1 atom stereocenters. The Kier molecular flexibility index (Phi) is 4.93. The fraction of sp³-hybridized carbons (Fsp3) is 0.318. The van der Waals surface area contributed by atoms with Crippen LogP contribution < -0.4 is 10.1 Å². The van der Waals surface area contributed by atoms with E-state index in [4.69, 9.17) is 4.74 Å². The Hall–Kier alpha value is -2.55. The maximum atomic E-state index is 12.3. The van der Waals surface area contributed by atoms with E-state index in [-0.39, 0.29) is 17.4 Å². The average Bonchev–Trinajstić information content (AvgIpc) is 2.60. The number of fused-ring (bicyclic) bond motifs is 1. The van der Waals surface area contributed by atoms with Gasteiger partial charge < -0.3 is 10.1 Å². The van der Waals surface area contributed by atoms with Crippen LogP contribution in [-0.4, -0.2) is 12.5 Å². The molecule has 130 valence electrons. The molecule has 1 unspecified atom stereocenters. The van der Waals surface area contributed by atoms with E-state index in [0.29, 0.717) is 6.61 Å². The summed E-state index contributed by atoms with van der Waals surface area (Å²) in [5.41, 5.74) is 3.49. The number of rotatable bonds is 3. The van der Waals surface area contributed by atoms with Crippen LogP contribution >= 0.6 is 0 Å². The van der Waals surface area contributed by atoms with Crippen LogP contribution in [0.15, 0.2) is 54.6 Å². The van der Waals surface area contributed by atoms with Crippen LogP contribution in [0.2, 0.25) is 0 Å². The van der Waals surface area contributed by atoms with Crippen LogP contribution in [0.5, 0.6) is 5.75 Å². The summed E-state index contributed by atoms with van der Waals surface area (Å²) in [4.78, 5) is 12.3. The standard InChI is InChI=1S/C22H25NO2/c1-22(2,3)17-11-8-16(9-12-17)10-13-21(24)23-19-14-15-25-20-7-5-4-6-18(19)20/h4-13,19H,14-15H2,1-3H3,(H,23,24)/b13-10+. The summed E-state index contributed by atoms with van der Waals surface area (Å²) < 4.78 is 5.63. The molecule has 25 heavy (non-hydrogen) atoms. The third-order valence-electron chi connectivity index (χ3n) is 4.48. The fourth-order valence-electron chi connectivity index (χ4n) is 2.98. The molecular weight excluding hydrogens is 310 g/mol. The minimum Gasteiger partial charge on any atom is -0.493 e. The third-order valence-corrected chi connectivity index (χ3v) is 4.48. The van der Waals surface area contributed by atoms with Gasteiger partial charge in [-0.3, -0.25) is 4.79 Å². The van der Waals surface area contributed by atoms with Gasteiger partial charge in [-0.1, -0.05) is 63.2 Å². The third kappa shape index (κ3) is 4.30. The second-order valence-electron chi connectivity index (χ2n) is 7.44. The highest BCUT2D eigenvalue weighted by molar-refractivity contribution is 5.92. The number of amides is 1. The molecule has 0 radical (unpaired) electrons. The molecule has 0 spiro atoms. The van der Waals surface area contributed by atoms with Crippen molar-refractivity contribution in [2.75, 3.05) is 6.61 Å². The molecule has 1 amide bonds. The molecule has 0 saturated heterocycles.